The Hall–Kier alpha value is -2.14. The molecular weight excluding hydrogens is 312 g/mol. The summed E-state index contributed by atoms with van der Waals surface area (Å²) in [7, 11) is 0. The van der Waals surface area contributed by atoms with Gasteiger partial charge in [-0.1, -0.05) is 0 Å². The lowest BCUT2D eigenvalue weighted by Crippen LogP contribution is -2.48. The molecule has 0 radical (unpaired) electrons. The standard InChI is InChI=1S/C20H26N4O/c1-15-13-19(16(2)24(15)18-3-4-18)20(25)23-11-9-22(10-12-23)14-17-5-7-21-8-6-17/h5-8,13,18H,3-4,9-12,14H2,1-2H3. The van der Waals surface area contributed by atoms with E-state index in [0.29, 0.717) is 6.04 Å². The zero-order valence-electron chi connectivity index (χ0n) is 15.1. The maximum absolute atomic E-state index is 13.0. The fourth-order valence-electron chi connectivity index (χ4n) is 3.91. The Morgan fingerprint density at radius 1 is 1.12 bits per heavy atom. The predicted octanol–water partition coefficient (Wildman–Crippen LogP) is 2.79. The summed E-state index contributed by atoms with van der Waals surface area (Å²) in [5.41, 5.74) is 4.54. The number of rotatable bonds is 4. The van der Waals surface area contributed by atoms with E-state index in [9.17, 15) is 4.79 Å². The van der Waals surface area contributed by atoms with E-state index in [4.69, 9.17) is 0 Å². The number of pyridine rings is 1. The van der Waals surface area contributed by atoms with Crippen LogP contribution in [0.25, 0.3) is 0 Å². The summed E-state index contributed by atoms with van der Waals surface area (Å²) in [4.78, 5) is 21.5. The molecule has 0 spiro atoms. The topological polar surface area (TPSA) is 41.4 Å². The zero-order chi connectivity index (χ0) is 17.4. The second-order valence-corrected chi connectivity index (χ2v) is 7.31. The summed E-state index contributed by atoms with van der Waals surface area (Å²) in [6.07, 6.45) is 6.17. The van der Waals surface area contributed by atoms with E-state index in [2.05, 4.69) is 46.5 Å². The molecule has 3 heterocycles. The lowest BCUT2D eigenvalue weighted by Gasteiger charge is -2.34. The molecule has 4 rings (SSSR count). The molecular formula is C20H26N4O. The average molecular weight is 338 g/mol. The minimum Gasteiger partial charge on any atom is -0.345 e. The van der Waals surface area contributed by atoms with Gasteiger partial charge in [0.1, 0.15) is 0 Å². The van der Waals surface area contributed by atoms with E-state index >= 15 is 0 Å². The first kappa shape index (κ1) is 16.3. The van der Waals surface area contributed by atoms with Gasteiger partial charge in [-0.3, -0.25) is 14.7 Å². The monoisotopic (exact) mass is 338 g/mol. The van der Waals surface area contributed by atoms with Gasteiger partial charge in [0, 0.05) is 62.5 Å². The van der Waals surface area contributed by atoms with Crippen molar-refractivity contribution in [1.82, 2.24) is 19.4 Å². The summed E-state index contributed by atoms with van der Waals surface area (Å²) in [5.74, 6) is 0.198. The van der Waals surface area contributed by atoms with Crippen LogP contribution in [0.2, 0.25) is 0 Å². The normalized spacial score (nSPS) is 18.6. The number of carbonyl (C=O) groups excluding carboxylic acids is 1. The van der Waals surface area contributed by atoms with Crippen LogP contribution in [-0.2, 0) is 6.54 Å². The van der Waals surface area contributed by atoms with Gasteiger partial charge in [-0.05, 0) is 50.5 Å². The van der Waals surface area contributed by atoms with E-state index in [-0.39, 0.29) is 5.91 Å². The quantitative estimate of drug-likeness (QED) is 0.861. The molecule has 1 saturated heterocycles. The minimum atomic E-state index is 0.198. The number of carbonyl (C=O) groups is 1. The fraction of sp³-hybridized carbons (Fsp3) is 0.500. The van der Waals surface area contributed by atoms with Gasteiger partial charge in [-0.2, -0.15) is 0 Å². The average Bonchev–Trinajstić information content (AvgIpc) is 3.41. The number of aromatic nitrogens is 2. The number of piperazine rings is 1. The van der Waals surface area contributed by atoms with Crippen molar-refractivity contribution < 1.29 is 4.79 Å². The zero-order valence-corrected chi connectivity index (χ0v) is 15.1. The van der Waals surface area contributed by atoms with E-state index < -0.39 is 0 Å². The SMILES string of the molecule is Cc1cc(C(=O)N2CCN(Cc3ccncc3)CC2)c(C)n1C1CC1. The second-order valence-electron chi connectivity index (χ2n) is 7.31. The van der Waals surface area contributed by atoms with Crippen LogP contribution >= 0.6 is 0 Å². The van der Waals surface area contributed by atoms with Crippen molar-refractivity contribution in [3.8, 4) is 0 Å². The molecule has 5 nitrogen and oxygen atoms in total. The van der Waals surface area contributed by atoms with Crippen molar-refractivity contribution >= 4 is 5.91 Å². The fourth-order valence-corrected chi connectivity index (χ4v) is 3.91. The Bertz CT molecular complexity index is 756. The van der Waals surface area contributed by atoms with Crippen LogP contribution in [0.15, 0.2) is 30.6 Å². The third-order valence-electron chi connectivity index (χ3n) is 5.44. The highest BCUT2D eigenvalue weighted by Crippen LogP contribution is 2.38. The summed E-state index contributed by atoms with van der Waals surface area (Å²) in [5, 5.41) is 0. The van der Waals surface area contributed by atoms with Crippen LogP contribution in [0.4, 0.5) is 0 Å². The van der Waals surface area contributed by atoms with Crippen LogP contribution in [-0.4, -0.2) is 51.4 Å². The van der Waals surface area contributed by atoms with Crippen LogP contribution < -0.4 is 0 Å². The molecule has 1 amide bonds. The maximum Gasteiger partial charge on any atom is 0.255 e. The van der Waals surface area contributed by atoms with Crippen molar-refractivity contribution in [2.75, 3.05) is 26.2 Å². The van der Waals surface area contributed by atoms with Gasteiger partial charge in [0.05, 0.1) is 5.56 Å². The Morgan fingerprint density at radius 2 is 1.80 bits per heavy atom. The molecule has 0 atom stereocenters. The molecule has 0 aromatic carbocycles. The van der Waals surface area contributed by atoms with E-state index in [1.54, 1.807) is 0 Å². The highest BCUT2D eigenvalue weighted by molar-refractivity contribution is 5.95. The van der Waals surface area contributed by atoms with Crippen molar-refractivity contribution in [2.45, 2.75) is 39.3 Å². The lowest BCUT2D eigenvalue weighted by atomic mass is 10.2. The van der Waals surface area contributed by atoms with Crippen molar-refractivity contribution in [3.63, 3.8) is 0 Å². The third-order valence-corrected chi connectivity index (χ3v) is 5.44. The van der Waals surface area contributed by atoms with Gasteiger partial charge >= 0.3 is 0 Å². The molecule has 0 unspecified atom stereocenters. The largest absolute Gasteiger partial charge is 0.345 e. The van der Waals surface area contributed by atoms with Gasteiger partial charge in [-0.15, -0.1) is 0 Å². The van der Waals surface area contributed by atoms with E-state index in [0.717, 1.165) is 44.0 Å². The van der Waals surface area contributed by atoms with Crippen molar-refractivity contribution in [2.24, 2.45) is 0 Å². The minimum absolute atomic E-state index is 0.198. The Kier molecular flexibility index (Phi) is 4.34. The number of hydrogen-bond donors (Lipinski definition) is 0. The van der Waals surface area contributed by atoms with Gasteiger partial charge in [0.2, 0.25) is 0 Å². The first-order valence-corrected chi connectivity index (χ1v) is 9.22. The summed E-state index contributed by atoms with van der Waals surface area (Å²) < 4.78 is 2.35. The highest BCUT2D eigenvalue weighted by atomic mass is 16.2. The van der Waals surface area contributed by atoms with Crippen LogP contribution in [0, 0.1) is 13.8 Å². The number of aryl methyl sites for hydroxylation is 1. The third kappa shape index (κ3) is 3.33. The number of nitrogens with zero attached hydrogens (tertiary/aromatic N) is 4. The molecule has 2 aliphatic rings. The molecule has 2 aromatic rings. The van der Waals surface area contributed by atoms with Gasteiger partial charge in [-0.25, -0.2) is 0 Å². The van der Waals surface area contributed by atoms with Crippen molar-refractivity contribution in [1.29, 1.82) is 0 Å². The molecule has 132 valence electrons. The molecule has 0 bridgehead atoms. The Balaban J connectivity index is 1.39. The summed E-state index contributed by atoms with van der Waals surface area (Å²) >= 11 is 0. The van der Waals surface area contributed by atoms with Crippen LogP contribution in [0.3, 0.4) is 0 Å². The van der Waals surface area contributed by atoms with Crippen LogP contribution in [0.5, 0.6) is 0 Å². The molecule has 0 N–H and O–H groups in total. The van der Waals surface area contributed by atoms with Gasteiger partial charge in [0.25, 0.3) is 5.91 Å². The van der Waals surface area contributed by atoms with E-state index in [1.807, 2.05) is 17.3 Å². The van der Waals surface area contributed by atoms with Gasteiger partial charge < -0.3 is 9.47 Å². The van der Waals surface area contributed by atoms with Gasteiger partial charge in [0.15, 0.2) is 0 Å². The predicted molar refractivity (Wildman–Crippen MR) is 97.6 cm³/mol. The number of amides is 1. The lowest BCUT2D eigenvalue weighted by molar-refractivity contribution is 0.0627. The summed E-state index contributed by atoms with van der Waals surface area (Å²) in [6, 6.07) is 6.83. The molecule has 2 fully saturated rings. The second kappa shape index (κ2) is 6.64. The number of hydrogen-bond acceptors (Lipinski definition) is 3. The molecule has 1 saturated carbocycles. The first-order valence-electron chi connectivity index (χ1n) is 9.22. The first-order chi connectivity index (χ1) is 12.1. The molecule has 25 heavy (non-hydrogen) atoms. The van der Waals surface area contributed by atoms with Crippen LogP contribution in [0.1, 0.15) is 46.2 Å². The van der Waals surface area contributed by atoms with E-state index in [1.165, 1.54) is 24.1 Å². The maximum atomic E-state index is 13.0. The van der Waals surface area contributed by atoms with Crippen molar-refractivity contribution in [3.05, 3.63) is 53.1 Å². The summed E-state index contributed by atoms with van der Waals surface area (Å²) in [6.45, 7) is 8.60. The Labute approximate surface area is 149 Å². The molecule has 1 aliphatic heterocycles. The smallest absolute Gasteiger partial charge is 0.255 e. The molecule has 1 aliphatic carbocycles. The highest BCUT2D eigenvalue weighted by Gasteiger charge is 2.30. The molecule has 5 heteroatoms. The molecule has 2 aromatic heterocycles. The Morgan fingerprint density at radius 3 is 2.44 bits per heavy atom.